The molecule has 1 saturated heterocycles. The molecule has 1 unspecified atom stereocenters. The van der Waals surface area contributed by atoms with E-state index in [1.54, 1.807) is 17.0 Å². The van der Waals surface area contributed by atoms with E-state index in [2.05, 4.69) is 25.7 Å². The molecular weight excluding hydrogens is 440 g/mol. The molecular formula is C29H38N2O4. The minimum atomic E-state index is -0.652. The van der Waals surface area contributed by atoms with E-state index in [1.165, 1.54) is 0 Å². The Kier molecular flexibility index (Phi) is 9.49. The van der Waals surface area contributed by atoms with Crippen molar-refractivity contribution in [3.63, 3.8) is 0 Å². The van der Waals surface area contributed by atoms with Crippen LogP contribution in [0.5, 0.6) is 5.75 Å². The fourth-order valence-corrected chi connectivity index (χ4v) is 4.40. The summed E-state index contributed by atoms with van der Waals surface area (Å²) in [7, 11) is 0. The minimum Gasteiger partial charge on any atom is -0.507 e. The van der Waals surface area contributed by atoms with Crippen LogP contribution < -0.4 is 4.74 Å². The maximum absolute atomic E-state index is 13.2. The highest BCUT2D eigenvalue weighted by Crippen LogP contribution is 2.39. The Hall–Kier alpha value is -3.12. The van der Waals surface area contributed by atoms with Crippen LogP contribution in [0.2, 0.25) is 0 Å². The third-order valence-electron chi connectivity index (χ3n) is 6.63. The summed E-state index contributed by atoms with van der Waals surface area (Å²) in [5.41, 5.74) is 2.49. The molecule has 188 valence electrons. The molecule has 0 bridgehead atoms. The number of carbonyl (C=O) groups is 2. The van der Waals surface area contributed by atoms with Gasteiger partial charge in [0.25, 0.3) is 11.7 Å². The van der Waals surface area contributed by atoms with Gasteiger partial charge in [-0.1, -0.05) is 75.6 Å². The van der Waals surface area contributed by atoms with Crippen LogP contribution >= 0.6 is 0 Å². The largest absolute Gasteiger partial charge is 0.507 e. The second kappa shape index (κ2) is 12.5. The van der Waals surface area contributed by atoms with Crippen molar-refractivity contribution in [1.82, 2.24) is 9.80 Å². The summed E-state index contributed by atoms with van der Waals surface area (Å²) in [5.74, 6) is -0.606. The molecule has 6 nitrogen and oxygen atoms in total. The second-order valence-electron chi connectivity index (χ2n) is 9.01. The lowest BCUT2D eigenvalue weighted by molar-refractivity contribution is -0.140. The molecule has 1 heterocycles. The van der Waals surface area contributed by atoms with Crippen molar-refractivity contribution in [2.75, 3.05) is 32.8 Å². The third-order valence-corrected chi connectivity index (χ3v) is 6.63. The van der Waals surface area contributed by atoms with Crippen LogP contribution in [0.1, 0.15) is 62.8 Å². The number of ketones is 1. The van der Waals surface area contributed by atoms with Gasteiger partial charge in [-0.05, 0) is 44.1 Å². The van der Waals surface area contributed by atoms with Crippen molar-refractivity contribution in [2.45, 2.75) is 53.0 Å². The Morgan fingerprint density at radius 3 is 2.23 bits per heavy atom. The Morgan fingerprint density at radius 2 is 1.63 bits per heavy atom. The van der Waals surface area contributed by atoms with Crippen LogP contribution in [-0.2, 0) is 9.59 Å². The molecule has 0 spiro atoms. The number of rotatable bonds is 12. The summed E-state index contributed by atoms with van der Waals surface area (Å²) in [5, 5.41) is 11.2. The molecule has 1 aliphatic rings. The van der Waals surface area contributed by atoms with Crippen molar-refractivity contribution < 1.29 is 19.4 Å². The van der Waals surface area contributed by atoms with Crippen LogP contribution in [0.15, 0.2) is 54.1 Å². The molecule has 6 heteroatoms. The number of aliphatic hydroxyl groups excluding tert-OH is 1. The summed E-state index contributed by atoms with van der Waals surface area (Å²) in [4.78, 5) is 30.1. The van der Waals surface area contributed by atoms with E-state index in [1.807, 2.05) is 43.3 Å². The molecule has 1 amide bonds. The van der Waals surface area contributed by atoms with Gasteiger partial charge in [-0.25, -0.2) is 0 Å². The lowest BCUT2D eigenvalue weighted by atomic mass is 9.95. The number of likely N-dealkylation sites (N-methyl/N-ethyl adjacent to an activating group) is 1. The van der Waals surface area contributed by atoms with Gasteiger partial charge in [0.05, 0.1) is 18.2 Å². The number of amides is 1. The van der Waals surface area contributed by atoms with E-state index in [0.29, 0.717) is 25.3 Å². The first-order valence-electron chi connectivity index (χ1n) is 12.7. The zero-order chi connectivity index (χ0) is 25.4. The number of unbranched alkanes of at least 4 members (excludes halogenated alkanes) is 2. The van der Waals surface area contributed by atoms with E-state index in [0.717, 1.165) is 49.2 Å². The van der Waals surface area contributed by atoms with Crippen molar-refractivity contribution in [3.8, 4) is 5.75 Å². The fourth-order valence-electron chi connectivity index (χ4n) is 4.40. The molecule has 0 aromatic heterocycles. The van der Waals surface area contributed by atoms with Gasteiger partial charge >= 0.3 is 0 Å². The van der Waals surface area contributed by atoms with Gasteiger partial charge in [-0.15, -0.1) is 0 Å². The highest BCUT2D eigenvalue weighted by atomic mass is 16.5. The number of likely N-dealkylation sites (tertiary alicyclic amines) is 1. The average Bonchev–Trinajstić information content (AvgIpc) is 3.12. The van der Waals surface area contributed by atoms with Crippen molar-refractivity contribution in [2.24, 2.45) is 0 Å². The number of Topliss-reactive ketones (excluding diaryl/α,β-unsaturated/α-hetero) is 1. The first-order valence-corrected chi connectivity index (χ1v) is 12.7. The molecule has 1 atom stereocenters. The standard InChI is InChI=1S/C29H38N2O4/c1-5-8-9-20-35-24-16-14-22(15-17-24)26-25(27(32)23-12-10-21(4)11-13-23)28(33)29(34)31(26)19-18-30(6-2)7-3/h10-17,26,32H,5-9,18-20H2,1-4H3/b27-25+. The summed E-state index contributed by atoms with van der Waals surface area (Å²) < 4.78 is 5.84. The number of aryl methyl sites for hydroxylation is 1. The predicted molar refractivity (Wildman–Crippen MR) is 139 cm³/mol. The third kappa shape index (κ3) is 6.31. The van der Waals surface area contributed by atoms with Crippen molar-refractivity contribution in [1.29, 1.82) is 0 Å². The summed E-state index contributed by atoms with van der Waals surface area (Å²) >= 11 is 0. The predicted octanol–water partition coefficient (Wildman–Crippen LogP) is 5.33. The number of hydrogen-bond acceptors (Lipinski definition) is 5. The van der Waals surface area contributed by atoms with Crippen LogP contribution in [0.3, 0.4) is 0 Å². The number of hydrogen-bond donors (Lipinski definition) is 1. The molecule has 2 aromatic rings. The SMILES string of the molecule is CCCCCOc1ccc(C2/C(=C(\O)c3ccc(C)cc3)C(=O)C(=O)N2CCN(CC)CC)cc1. The molecule has 35 heavy (non-hydrogen) atoms. The molecule has 1 N–H and O–H groups in total. The number of aliphatic hydroxyl groups is 1. The van der Waals surface area contributed by atoms with Gasteiger partial charge < -0.3 is 19.6 Å². The van der Waals surface area contributed by atoms with Crippen LogP contribution in [0.25, 0.3) is 5.76 Å². The summed E-state index contributed by atoms with van der Waals surface area (Å²) in [6, 6.07) is 14.2. The van der Waals surface area contributed by atoms with Gasteiger partial charge in [0.15, 0.2) is 0 Å². The Labute approximate surface area is 209 Å². The van der Waals surface area contributed by atoms with Gasteiger partial charge in [-0.2, -0.15) is 0 Å². The maximum atomic E-state index is 13.2. The van der Waals surface area contributed by atoms with Crippen LogP contribution in [0, 0.1) is 6.92 Å². The number of carbonyl (C=O) groups excluding carboxylic acids is 2. The van der Waals surface area contributed by atoms with Gasteiger partial charge in [0, 0.05) is 18.7 Å². The average molecular weight is 479 g/mol. The number of benzene rings is 2. The van der Waals surface area contributed by atoms with E-state index < -0.39 is 17.7 Å². The molecule has 1 fully saturated rings. The van der Waals surface area contributed by atoms with E-state index in [4.69, 9.17) is 4.74 Å². The molecule has 0 aliphatic carbocycles. The highest BCUT2D eigenvalue weighted by molar-refractivity contribution is 6.46. The van der Waals surface area contributed by atoms with Gasteiger partial charge in [0.1, 0.15) is 11.5 Å². The summed E-state index contributed by atoms with van der Waals surface area (Å²) in [6.45, 7) is 11.7. The highest BCUT2D eigenvalue weighted by Gasteiger charge is 2.45. The molecule has 1 aliphatic heterocycles. The first-order chi connectivity index (χ1) is 16.9. The van der Waals surface area contributed by atoms with Crippen molar-refractivity contribution >= 4 is 17.4 Å². The molecule has 2 aromatic carbocycles. The van der Waals surface area contributed by atoms with Crippen LogP contribution in [0.4, 0.5) is 0 Å². The fraction of sp³-hybridized carbons (Fsp3) is 0.448. The van der Waals surface area contributed by atoms with E-state index in [-0.39, 0.29) is 11.3 Å². The van der Waals surface area contributed by atoms with Crippen LogP contribution in [-0.4, -0.2) is 59.4 Å². The zero-order valence-electron chi connectivity index (χ0n) is 21.4. The molecule has 3 rings (SSSR count). The first kappa shape index (κ1) is 26.5. The summed E-state index contributed by atoms with van der Waals surface area (Å²) in [6.07, 6.45) is 3.26. The molecule has 0 radical (unpaired) electrons. The van der Waals surface area contributed by atoms with Crippen molar-refractivity contribution in [3.05, 3.63) is 70.8 Å². The zero-order valence-corrected chi connectivity index (χ0v) is 21.4. The number of nitrogens with zero attached hydrogens (tertiary/aromatic N) is 2. The van der Waals surface area contributed by atoms with Gasteiger partial charge in [-0.3, -0.25) is 9.59 Å². The number of ether oxygens (including phenoxy) is 1. The monoisotopic (exact) mass is 478 g/mol. The van der Waals surface area contributed by atoms with Gasteiger partial charge in [0.2, 0.25) is 0 Å². The second-order valence-corrected chi connectivity index (χ2v) is 9.01. The lowest BCUT2D eigenvalue weighted by Crippen LogP contribution is -2.38. The van der Waals surface area contributed by atoms with E-state index in [9.17, 15) is 14.7 Å². The minimum absolute atomic E-state index is 0.134. The smallest absolute Gasteiger partial charge is 0.295 e. The lowest BCUT2D eigenvalue weighted by Gasteiger charge is -2.28. The normalized spacial score (nSPS) is 17.4. The Bertz CT molecular complexity index is 1020. The molecule has 0 saturated carbocycles. The topological polar surface area (TPSA) is 70.1 Å². The van der Waals surface area contributed by atoms with E-state index >= 15 is 0 Å². The Morgan fingerprint density at radius 1 is 0.971 bits per heavy atom. The maximum Gasteiger partial charge on any atom is 0.295 e. The quantitative estimate of drug-likeness (QED) is 0.193. The Balaban J connectivity index is 1.97.